The molecule has 10 nitrogen and oxygen atoms in total. The average Bonchev–Trinajstić information content (AvgIpc) is 3.34. The van der Waals surface area contributed by atoms with Crippen molar-refractivity contribution in [1.29, 1.82) is 0 Å². The summed E-state index contributed by atoms with van der Waals surface area (Å²) in [6.45, 7) is 2.24. The number of sulfonamides is 1. The Morgan fingerprint density at radius 3 is 2.44 bits per heavy atom. The number of hydrogen-bond acceptors (Lipinski definition) is 7. The Hall–Kier alpha value is -3.74. The molecule has 2 atom stereocenters. The Morgan fingerprint density at radius 2 is 1.74 bits per heavy atom. The zero-order valence-electron chi connectivity index (χ0n) is 21.4. The number of amides is 1. The summed E-state index contributed by atoms with van der Waals surface area (Å²) in [5.41, 5.74) is 4.01. The molecule has 206 valence electrons. The van der Waals surface area contributed by atoms with Gasteiger partial charge >= 0.3 is 0 Å². The van der Waals surface area contributed by atoms with E-state index in [1.165, 1.54) is 18.2 Å². The molecule has 0 fully saturated rings. The lowest BCUT2D eigenvalue weighted by atomic mass is 10.0. The summed E-state index contributed by atoms with van der Waals surface area (Å²) in [5, 5.41) is 41.7. The molecule has 0 radical (unpaired) electrons. The second-order valence-corrected chi connectivity index (χ2v) is 11.1. The fourth-order valence-electron chi connectivity index (χ4n) is 4.30. The van der Waals surface area contributed by atoms with Crippen LogP contribution in [0.3, 0.4) is 0 Å². The lowest BCUT2D eigenvalue weighted by Crippen LogP contribution is -2.32. The number of aromatic hydroxyl groups is 1. The van der Waals surface area contributed by atoms with Crippen molar-refractivity contribution in [2.24, 2.45) is 5.14 Å². The molecule has 0 saturated heterocycles. The topological polar surface area (TPSA) is 178 Å². The normalized spacial score (nSPS) is 13.3. The highest BCUT2D eigenvalue weighted by molar-refractivity contribution is 7.89. The minimum absolute atomic E-state index is 0.00675. The Morgan fingerprint density at radius 1 is 1.03 bits per heavy atom. The number of carbonyl (C=O) groups excluding carboxylic acids is 1. The predicted octanol–water partition coefficient (Wildman–Crippen LogP) is 2.20. The Kier molecular flexibility index (Phi) is 8.68. The standard InChI is InChI=1S/C28H32N4O6S/c1-17(30-15-27(35)20-5-9-26(34)22(12-20)16-33)10-19-4-8-24-21(11-19)13-25(32-24)28(36)31-14-18-2-6-23(7-3-18)39(29,37)38/h2-9,11-13,17,27,30,32-35H,10,14-16H2,1H3,(H,31,36)(H2,29,37,38). The third-order valence-electron chi connectivity index (χ3n) is 6.49. The van der Waals surface area contributed by atoms with Gasteiger partial charge in [0.25, 0.3) is 5.91 Å². The number of aromatic amines is 1. The van der Waals surface area contributed by atoms with E-state index < -0.39 is 16.1 Å². The van der Waals surface area contributed by atoms with Crippen LogP contribution in [0.2, 0.25) is 0 Å². The number of hydrogen-bond donors (Lipinski definition) is 7. The van der Waals surface area contributed by atoms with Crippen molar-refractivity contribution < 1.29 is 28.5 Å². The molecule has 4 rings (SSSR count). The number of phenols is 1. The summed E-state index contributed by atoms with van der Waals surface area (Å²) in [6.07, 6.45) is -0.0975. The van der Waals surface area contributed by atoms with Crippen molar-refractivity contribution in [3.8, 4) is 5.75 Å². The molecule has 3 aromatic carbocycles. The van der Waals surface area contributed by atoms with Crippen LogP contribution in [0, 0.1) is 0 Å². The maximum atomic E-state index is 12.7. The number of primary sulfonamides is 1. The zero-order chi connectivity index (χ0) is 28.2. The van der Waals surface area contributed by atoms with E-state index in [0.717, 1.165) is 22.0 Å². The second-order valence-electron chi connectivity index (χ2n) is 9.55. The first kappa shape index (κ1) is 28.3. The molecule has 1 heterocycles. The van der Waals surface area contributed by atoms with Gasteiger partial charge in [-0.3, -0.25) is 4.79 Å². The van der Waals surface area contributed by atoms with E-state index in [0.29, 0.717) is 29.8 Å². The SMILES string of the molecule is CC(Cc1ccc2[nH]c(C(=O)NCc3ccc(S(N)(=O)=O)cc3)cc2c1)NCC(O)c1ccc(O)c(CO)c1. The summed E-state index contributed by atoms with van der Waals surface area (Å²) >= 11 is 0. The van der Waals surface area contributed by atoms with Crippen molar-refractivity contribution >= 4 is 26.8 Å². The van der Waals surface area contributed by atoms with E-state index in [2.05, 4.69) is 15.6 Å². The first-order valence-corrected chi connectivity index (χ1v) is 13.9. The van der Waals surface area contributed by atoms with E-state index in [9.17, 15) is 28.5 Å². The van der Waals surface area contributed by atoms with E-state index in [-0.39, 0.29) is 35.7 Å². The molecule has 0 saturated carbocycles. The molecule has 0 bridgehead atoms. The minimum atomic E-state index is -3.77. The highest BCUT2D eigenvalue weighted by Crippen LogP contribution is 2.23. The molecule has 2 unspecified atom stereocenters. The lowest BCUT2D eigenvalue weighted by Gasteiger charge is -2.18. The maximum absolute atomic E-state index is 12.7. The van der Waals surface area contributed by atoms with Gasteiger partial charge in [0.05, 0.1) is 17.6 Å². The zero-order valence-corrected chi connectivity index (χ0v) is 22.2. The molecule has 0 aliphatic carbocycles. The Balaban J connectivity index is 1.32. The van der Waals surface area contributed by atoms with Gasteiger partial charge in [0.15, 0.2) is 0 Å². The number of aromatic nitrogens is 1. The van der Waals surface area contributed by atoms with Crippen LogP contribution in [0.4, 0.5) is 0 Å². The molecule has 1 aromatic heterocycles. The van der Waals surface area contributed by atoms with Crippen LogP contribution in [-0.2, 0) is 29.6 Å². The predicted molar refractivity (Wildman–Crippen MR) is 147 cm³/mol. The van der Waals surface area contributed by atoms with E-state index >= 15 is 0 Å². The summed E-state index contributed by atoms with van der Waals surface area (Å²) in [6, 6.07) is 18.4. The molecule has 39 heavy (non-hydrogen) atoms. The molecular formula is C28H32N4O6S. The Labute approximate surface area is 226 Å². The van der Waals surface area contributed by atoms with Gasteiger partial charge in [0, 0.05) is 35.6 Å². The number of carbonyl (C=O) groups is 1. The molecule has 1 amide bonds. The number of H-pyrrole nitrogens is 1. The number of fused-ring (bicyclic) bond motifs is 1. The molecule has 0 aliphatic rings. The summed E-state index contributed by atoms with van der Waals surface area (Å²) in [5.74, 6) is -0.293. The number of rotatable bonds is 11. The van der Waals surface area contributed by atoms with Crippen LogP contribution in [0.5, 0.6) is 5.75 Å². The number of benzene rings is 3. The lowest BCUT2D eigenvalue weighted by molar-refractivity contribution is 0.0946. The van der Waals surface area contributed by atoms with Gasteiger partial charge in [-0.15, -0.1) is 0 Å². The first-order valence-electron chi connectivity index (χ1n) is 12.4. The molecule has 11 heteroatoms. The van der Waals surface area contributed by atoms with E-state index in [4.69, 9.17) is 5.14 Å². The van der Waals surface area contributed by atoms with E-state index in [1.54, 1.807) is 30.3 Å². The second kappa shape index (κ2) is 12.0. The van der Waals surface area contributed by atoms with Gasteiger partial charge in [-0.25, -0.2) is 13.6 Å². The largest absolute Gasteiger partial charge is 0.508 e. The van der Waals surface area contributed by atoms with Gasteiger partial charge in [-0.05, 0) is 72.5 Å². The average molecular weight is 553 g/mol. The van der Waals surface area contributed by atoms with Crippen molar-refractivity contribution in [1.82, 2.24) is 15.6 Å². The quantitative estimate of drug-likeness (QED) is 0.149. The van der Waals surface area contributed by atoms with Gasteiger partial charge in [-0.2, -0.15) is 0 Å². The van der Waals surface area contributed by atoms with Gasteiger partial charge in [0.1, 0.15) is 11.4 Å². The number of aliphatic hydroxyl groups excluding tert-OH is 2. The van der Waals surface area contributed by atoms with Crippen LogP contribution in [0.25, 0.3) is 10.9 Å². The van der Waals surface area contributed by atoms with Crippen molar-refractivity contribution in [3.05, 3.63) is 94.7 Å². The van der Waals surface area contributed by atoms with Crippen LogP contribution in [0.15, 0.2) is 71.6 Å². The van der Waals surface area contributed by atoms with Crippen LogP contribution in [0.1, 0.15) is 45.8 Å². The summed E-state index contributed by atoms with van der Waals surface area (Å²) in [4.78, 5) is 15.8. The first-order chi connectivity index (χ1) is 18.5. The summed E-state index contributed by atoms with van der Waals surface area (Å²) in [7, 11) is -3.77. The van der Waals surface area contributed by atoms with E-state index in [1.807, 2.05) is 25.1 Å². The summed E-state index contributed by atoms with van der Waals surface area (Å²) < 4.78 is 22.8. The maximum Gasteiger partial charge on any atom is 0.267 e. The fourth-order valence-corrected chi connectivity index (χ4v) is 4.82. The fraction of sp³-hybridized carbons (Fsp3) is 0.250. The highest BCUT2D eigenvalue weighted by Gasteiger charge is 2.14. The van der Waals surface area contributed by atoms with Gasteiger partial charge < -0.3 is 30.9 Å². The Bertz CT molecular complexity index is 1570. The van der Waals surface area contributed by atoms with Gasteiger partial charge in [-0.1, -0.05) is 24.3 Å². The highest BCUT2D eigenvalue weighted by atomic mass is 32.2. The molecule has 4 aromatic rings. The van der Waals surface area contributed by atoms with Crippen LogP contribution >= 0.6 is 0 Å². The molecule has 0 aliphatic heterocycles. The number of aliphatic hydroxyl groups is 2. The monoisotopic (exact) mass is 552 g/mol. The molecular weight excluding hydrogens is 520 g/mol. The van der Waals surface area contributed by atoms with Crippen LogP contribution in [-0.4, -0.2) is 47.2 Å². The third-order valence-corrected chi connectivity index (χ3v) is 7.42. The number of nitrogens with two attached hydrogens (primary N) is 1. The molecule has 8 N–H and O–H groups in total. The van der Waals surface area contributed by atoms with Crippen molar-refractivity contribution in [2.45, 2.75) is 43.5 Å². The minimum Gasteiger partial charge on any atom is -0.508 e. The van der Waals surface area contributed by atoms with Gasteiger partial charge in [0.2, 0.25) is 10.0 Å². The smallest absolute Gasteiger partial charge is 0.267 e. The molecule has 0 spiro atoms. The van der Waals surface area contributed by atoms with Crippen LogP contribution < -0.4 is 15.8 Å². The van der Waals surface area contributed by atoms with Crippen molar-refractivity contribution in [2.75, 3.05) is 6.54 Å². The third kappa shape index (κ3) is 7.22. The van der Waals surface area contributed by atoms with Crippen molar-refractivity contribution in [3.63, 3.8) is 0 Å². The number of nitrogens with one attached hydrogen (secondary N) is 3.